The van der Waals surface area contributed by atoms with E-state index in [0.29, 0.717) is 45.0 Å². The SMILES string of the molecule is O=C(NCC1CCCCN1CC(=O)N1CCN(c2ccccc2[N+](=O)[O-])CC1)Nc1ccccc1. The lowest BCUT2D eigenvalue weighted by atomic mass is 10.0. The number of benzene rings is 2. The van der Waals surface area contributed by atoms with Gasteiger partial charge in [-0.25, -0.2) is 4.79 Å². The average Bonchev–Trinajstić information content (AvgIpc) is 2.89. The molecule has 0 aromatic heterocycles. The van der Waals surface area contributed by atoms with Crippen LogP contribution in [0.25, 0.3) is 0 Å². The second-order valence-electron chi connectivity index (χ2n) is 8.93. The van der Waals surface area contributed by atoms with Crippen LogP contribution in [-0.2, 0) is 4.79 Å². The first kappa shape index (κ1) is 24.5. The highest BCUT2D eigenvalue weighted by atomic mass is 16.6. The van der Waals surface area contributed by atoms with Gasteiger partial charge in [-0.05, 0) is 37.6 Å². The van der Waals surface area contributed by atoms with Gasteiger partial charge in [0.2, 0.25) is 5.91 Å². The van der Waals surface area contributed by atoms with Crippen LogP contribution in [0.5, 0.6) is 0 Å². The Morgan fingerprint density at radius 2 is 1.66 bits per heavy atom. The molecule has 2 N–H and O–H groups in total. The first-order valence-corrected chi connectivity index (χ1v) is 12.1. The molecular weight excluding hydrogens is 448 g/mol. The summed E-state index contributed by atoms with van der Waals surface area (Å²) in [6.07, 6.45) is 3.04. The zero-order valence-corrected chi connectivity index (χ0v) is 19.8. The van der Waals surface area contributed by atoms with E-state index in [1.807, 2.05) is 40.1 Å². The van der Waals surface area contributed by atoms with E-state index < -0.39 is 0 Å². The molecule has 2 aromatic rings. The molecule has 1 atom stereocenters. The topological polar surface area (TPSA) is 111 Å². The Morgan fingerprint density at radius 1 is 0.943 bits per heavy atom. The average molecular weight is 481 g/mol. The van der Waals surface area contributed by atoms with Gasteiger partial charge in [-0.2, -0.15) is 0 Å². The highest BCUT2D eigenvalue weighted by Gasteiger charge is 2.29. The van der Waals surface area contributed by atoms with Crippen LogP contribution in [0.4, 0.5) is 21.9 Å². The molecule has 2 aliphatic heterocycles. The van der Waals surface area contributed by atoms with Crippen LogP contribution >= 0.6 is 0 Å². The number of hydrogen-bond donors (Lipinski definition) is 2. The third-order valence-corrected chi connectivity index (χ3v) is 6.67. The molecule has 4 rings (SSSR count). The number of para-hydroxylation sites is 3. The van der Waals surface area contributed by atoms with Crippen LogP contribution in [0.3, 0.4) is 0 Å². The maximum Gasteiger partial charge on any atom is 0.319 e. The zero-order chi connectivity index (χ0) is 24.6. The second kappa shape index (κ2) is 11.7. The number of carbonyl (C=O) groups is 2. The van der Waals surface area contributed by atoms with Gasteiger partial charge in [-0.1, -0.05) is 36.8 Å². The van der Waals surface area contributed by atoms with E-state index in [0.717, 1.165) is 31.5 Å². The number of hydrogen-bond acceptors (Lipinski definition) is 6. The number of piperidine rings is 1. The van der Waals surface area contributed by atoms with E-state index in [1.165, 1.54) is 6.07 Å². The highest BCUT2D eigenvalue weighted by Crippen LogP contribution is 2.28. The van der Waals surface area contributed by atoms with Gasteiger partial charge in [-0.15, -0.1) is 0 Å². The summed E-state index contributed by atoms with van der Waals surface area (Å²) in [5.41, 5.74) is 1.42. The third kappa shape index (κ3) is 6.48. The van der Waals surface area contributed by atoms with Crippen molar-refractivity contribution in [1.82, 2.24) is 15.1 Å². The van der Waals surface area contributed by atoms with Gasteiger partial charge in [0.1, 0.15) is 5.69 Å². The molecule has 2 saturated heterocycles. The Balaban J connectivity index is 1.27. The van der Waals surface area contributed by atoms with Crippen molar-refractivity contribution in [3.8, 4) is 0 Å². The molecule has 0 spiro atoms. The van der Waals surface area contributed by atoms with Crippen LogP contribution in [0.1, 0.15) is 19.3 Å². The highest BCUT2D eigenvalue weighted by molar-refractivity contribution is 5.89. The number of likely N-dealkylation sites (tertiary alicyclic amines) is 1. The van der Waals surface area contributed by atoms with Crippen LogP contribution in [-0.4, -0.2) is 78.5 Å². The van der Waals surface area contributed by atoms with Crippen molar-refractivity contribution in [2.75, 3.05) is 56.0 Å². The molecule has 10 nitrogen and oxygen atoms in total. The Kier molecular flexibility index (Phi) is 8.15. The van der Waals surface area contributed by atoms with Crippen molar-refractivity contribution in [2.24, 2.45) is 0 Å². The predicted molar refractivity (Wildman–Crippen MR) is 135 cm³/mol. The number of nitrogens with zero attached hydrogens (tertiary/aromatic N) is 4. The fourth-order valence-corrected chi connectivity index (χ4v) is 4.76. The monoisotopic (exact) mass is 480 g/mol. The number of piperazine rings is 1. The summed E-state index contributed by atoms with van der Waals surface area (Å²) in [5.74, 6) is 0.0628. The summed E-state index contributed by atoms with van der Waals surface area (Å²) >= 11 is 0. The normalized spacial score (nSPS) is 18.7. The minimum absolute atomic E-state index is 0.0628. The lowest BCUT2D eigenvalue weighted by Gasteiger charge is -2.39. The minimum Gasteiger partial charge on any atom is -0.362 e. The van der Waals surface area contributed by atoms with Gasteiger partial charge in [-0.3, -0.25) is 19.8 Å². The molecule has 0 saturated carbocycles. The van der Waals surface area contributed by atoms with E-state index in [2.05, 4.69) is 15.5 Å². The van der Waals surface area contributed by atoms with Crippen molar-refractivity contribution in [3.63, 3.8) is 0 Å². The Hall–Kier alpha value is -3.66. The number of urea groups is 1. The van der Waals surface area contributed by atoms with Crippen molar-refractivity contribution in [3.05, 3.63) is 64.7 Å². The lowest BCUT2D eigenvalue weighted by Crippen LogP contribution is -2.54. The lowest BCUT2D eigenvalue weighted by molar-refractivity contribution is -0.384. The molecule has 0 aliphatic carbocycles. The van der Waals surface area contributed by atoms with Gasteiger partial charge in [0.05, 0.1) is 11.5 Å². The van der Waals surface area contributed by atoms with Crippen LogP contribution < -0.4 is 15.5 Å². The molecule has 186 valence electrons. The van der Waals surface area contributed by atoms with E-state index >= 15 is 0 Å². The number of amides is 3. The van der Waals surface area contributed by atoms with E-state index in [1.54, 1.807) is 18.2 Å². The smallest absolute Gasteiger partial charge is 0.319 e. The van der Waals surface area contributed by atoms with Crippen molar-refractivity contribution < 1.29 is 14.5 Å². The Labute approximate surface area is 205 Å². The zero-order valence-electron chi connectivity index (χ0n) is 19.8. The van der Waals surface area contributed by atoms with Crippen LogP contribution in [0.2, 0.25) is 0 Å². The Bertz CT molecular complexity index is 1030. The molecule has 3 amide bonds. The molecule has 0 radical (unpaired) electrons. The summed E-state index contributed by atoms with van der Waals surface area (Å²) in [6, 6.07) is 15.9. The molecule has 2 aliphatic rings. The number of nitrogens with one attached hydrogen (secondary N) is 2. The first-order valence-electron chi connectivity index (χ1n) is 12.1. The summed E-state index contributed by atoms with van der Waals surface area (Å²) in [5, 5.41) is 17.1. The molecule has 35 heavy (non-hydrogen) atoms. The predicted octanol–water partition coefficient (Wildman–Crippen LogP) is 2.92. The first-order chi connectivity index (χ1) is 17.0. The van der Waals surface area contributed by atoms with Gasteiger partial charge in [0.25, 0.3) is 5.69 Å². The fraction of sp³-hybridized carbons (Fsp3) is 0.440. The number of nitro benzene ring substituents is 1. The summed E-state index contributed by atoms with van der Waals surface area (Å²) in [7, 11) is 0. The number of rotatable bonds is 7. The number of carbonyl (C=O) groups excluding carboxylic acids is 2. The van der Waals surface area contributed by atoms with Gasteiger partial charge >= 0.3 is 6.03 Å². The van der Waals surface area contributed by atoms with E-state index in [9.17, 15) is 19.7 Å². The quantitative estimate of drug-likeness (QED) is 0.466. The molecule has 0 bridgehead atoms. The van der Waals surface area contributed by atoms with Crippen molar-refractivity contribution >= 4 is 29.0 Å². The van der Waals surface area contributed by atoms with E-state index in [4.69, 9.17) is 0 Å². The Morgan fingerprint density at radius 3 is 2.40 bits per heavy atom. The third-order valence-electron chi connectivity index (χ3n) is 6.67. The molecule has 10 heteroatoms. The molecule has 2 aromatic carbocycles. The number of nitro groups is 1. The maximum absolute atomic E-state index is 13.1. The number of anilines is 2. The summed E-state index contributed by atoms with van der Waals surface area (Å²) in [6.45, 7) is 3.80. The fourth-order valence-electron chi connectivity index (χ4n) is 4.76. The maximum atomic E-state index is 13.1. The van der Waals surface area contributed by atoms with Crippen LogP contribution in [0.15, 0.2) is 54.6 Å². The van der Waals surface area contributed by atoms with Gasteiger partial charge < -0.3 is 20.4 Å². The largest absolute Gasteiger partial charge is 0.362 e. The summed E-state index contributed by atoms with van der Waals surface area (Å²) in [4.78, 5) is 42.3. The van der Waals surface area contributed by atoms with Crippen LogP contribution in [0, 0.1) is 10.1 Å². The van der Waals surface area contributed by atoms with Gasteiger partial charge in [0, 0.05) is 50.5 Å². The molecule has 2 fully saturated rings. The minimum atomic E-state index is -0.364. The van der Waals surface area contributed by atoms with E-state index in [-0.39, 0.29) is 28.6 Å². The molecular formula is C25H32N6O4. The second-order valence-corrected chi connectivity index (χ2v) is 8.93. The van der Waals surface area contributed by atoms with Crippen molar-refractivity contribution in [2.45, 2.75) is 25.3 Å². The standard InChI is InChI=1S/C25H32N6O4/c32-24(29-16-14-28(15-17-29)22-11-4-5-12-23(22)31(34)35)19-30-13-7-6-10-21(30)18-26-25(33)27-20-8-2-1-3-9-20/h1-5,8-9,11-12,21H,6-7,10,13-19H2,(H2,26,27,33). The van der Waals surface area contributed by atoms with Gasteiger partial charge in [0.15, 0.2) is 0 Å². The summed E-state index contributed by atoms with van der Waals surface area (Å²) < 4.78 is 0. The molecule has 1 unspecified atom stereocenters. The molecule has 2 heterocycles. The van der Waals surface area contributed by atoms with Crippen molar-refractivity contribution in [1.29, 1.82) is 0 Å².